The van der Waals surface area contributed by atoms with Gasteiger partial charge in [-0.25, -0.2) is 4.39 Å². The van der Waals surface area contributed by atoms with Crippen molar-refractivity contribution in [3.05, 3.63) is 76.5 Å². The predicted octanol–water partition coefficient (Wildman–Crippen LogP) is 5.59. The van der Waals surface area contributed by atoms with Gasteiger partial charge in [0.2, 0.25) is 0 Å². The summed E-state index contributed by atoms with van der Waals surface area (Å²) in [6, 6.07) is 10.9. The fourth-order valence-electron chi connectivity index (χ4n) is 4.69. The SMILES string of the molecule is [2H]C(Nc1cc(Cl)c2ncc(C#N)c(N[C@@H]3C[C@H]3CC)c2c1)(C1=CN(C2CC2)NN1)c1ccc(F)cc1. The van der Waals surface area contributed by atoms with Crippen LogP contribution in [0.25, 0.3) is 10.9 Å². The van der Waals surface area contributed by atoms with Crippen LogP contribution < -0.4 is 21.6 Å². The van der Waals surface area contributed by atoms with Crippen molar-refractivity contribution < 1.29 is 5.76 Å². The number of anilines is 2. The summed E-state index contributed by atoms with van der Waals surface area (Å²) in [7, 11) is 0. The Hall–Kier alpha value is -3.54. The Kier molecular flexibility index (Phi) is 5.52. The third-order valence-electron chi connectivity index (χ3n) is 7.02. The maximum absolute atomic E-state index is 13.8. The molecule has 2 heterocycles. The van der Waals surface area contributed by atoms with Crippen molar-refractivity contribution in [2.24, 2.45) is 5.92 Å². The van der Waals surface area contributed by atoms with Gasteiger partial charge in [-0.1, -0.05) is 37.1 Å². The summed E-state index contributed by atoms with van der Waals surface area (Å²) in [6.45, 7) is 2.16. The lowest BCUT2D eigenvalue weighted by atomic mass is 10.0. The number of nitrogens with one attached hydrogen (secondary N) is 4. The van der Waals surface area contributed by atoms with Gasteiger partial charge in [0.1, 0.15) is 11.9 Å². The first-order chi connectivity index (χ1) is 17.9. The number of hydrogen-bond donors (Lipinski definition) is 4. The summed E-state index contributed by atoms with van der Waals surface area (Å²) in [6.07, 6.45) is 7.72. The molecule has 1 aromatic heterocycles. The van der Waals surface area contributed by atoms with Crippen LogP contribution in [0.2, 0.25) is 5.02 Å². The Balaban J connectivity index is 1.43. The smallest absolute Gasteiger partial charge is 0.123 e. The summed E-state index contributed by atoms with van der Waals surface area (Å²) in [5.41, 5.74) is 9.66. The molecule has 1 aliphatic heterocycles. The van der Waals surface area contributed by atoms with Gasteiger partial charge in [0, 0.05) is 35.6 Å². The fourth-order valence-corrected chi connectivity index (χ4v) is 4.96. The summed E-state index contributed by atoms with van der Waals surface area (Å²) in [5.74, 6) is 0.204. The number of rotatable bonds is 8. The molecule has 2 fully saturated rings. The van der Waals surface area contributed by atoms with Gasteiger partial charge in [-0.05, 0) is 55.0 Å². The van der Waals surface area contributed by atoms with Crippen LogP contribution in [0, 0.1) is 23.1 Å². The van der Waals surface area contributed by atoms with Crippen molar-refractivity contribution in [2.45, 2.75) is 50.7 Å². The standard InChI is InChI=1S/C27H27ClFN7/c1-2-15-9-23(15)33-25-17(12-30)13-31-27-21(25)10-19(11-22(27)28)32-26(16-3-5-18(29)6-4-16)24-14-36(35-34-24)20-7-8-20/h3-6,10-11,13-15,20,23,26,32,34-35H,2,7-9H2,1H3,(H,31,33)/t15-,23-,26?/m1/s1/i26D. The second-order valence-electron chi connectivity index (χ2n) is 9.59. The second-order valence-corrected chi connectivity index (χ2v) is 10.00. The Bertz CT molecular complexity index is 1440. The van der Waals surface area contributed by atoms with E-state index in [1.807, 2.05) is 17.3 Å². The molecule has 0 saturated heterocycles. The molecule has 2 aromatic carbocycles. The molecule has 184 valence electrons. The van der Waals surface area contributed by atoms with E-state index in [4.69, 9.17) is 11.6 Å². The molecule has 0 spiro atoms. The molecular weight excluding hydrogens is 477 g/mol. The molecule has 3 atom stereocenters. The average molecular weight is 505 g/mol. The van der Waals surface area contributed by atoms with Crippen molar-refractivity contribution in [1.82, 2.24) is 21.0 Å². The lowest BCUT2D eigenvalue weighted by molar-refractivity contribution is 0.260. The molecule has 3 aliphatic rings. The molecule has 9 heteroatoms. The highest BCUT2D eigenvalue weighted by Gasteiger charge is 2.36. The zero-order valence-electron chi connectivity index (χ0n) is 20.8. The van der Waals surface area contributed by atoms with Gasteiger partial charge in [-0.2, -0.15) is 5.26 Å². The largest absolute Gasteiger partial charge is 0.380 e. The van der Waals surface area contributed by atoms with Crippen molar-refractivity contribution in [1.29, 1.82) is 5.26 Å². The molecule has 1 unspecified atom stereocenters. The van der Waals surface area contributed by atoms with Gasteiger partial charge in [0.05, 0.1) is 34.9 Å². The maximum atomic E-state index is 13.8. The summed E-state index contributed by atoms with van der Waals surface area (Å²) in [4.78, 5) is 4.45. The zero-order valence-corrected chi connectivity index (χ0v) is 20.5. The normalized spacial score (nSPS) is 22.8. The minimum Gasteiger partial charge on any atom is -0.380 e. The second kappa shape index (κ2) is 9.16. The van der Waals surface area contributed by atoms with E-state index in [1.54, 1.807) is 24.4 Å². The molecule has 36 heavy (non-hydrogen) atoms. The maximum Gasteiger partial charge on any atom is 0.123 e. The van der Waals surface area contributed by atoms with Crippen molar-refractivity contribution >= 4 is 33.9 Å². The van der Waals surface area contributed by atoms with Crippen molar-refractivity contribution in [3.63, 3.8) is 0 Å². The monoisotopic (exact) mass is 504 g/mol. The van der Waals surface area contributed by atoms with E-state index in [9.17, 15) is 11.0 Å². The summed E-state index contributed by atoms with van der Waals surface area (Å²) >= 11 is 6.69. The van der Waals surface area contributed by atoms with Crippen LogP contribution in [0.1, 0.15) is 51.1 Å². The third kappa shape index (κ3) is 4.41. The highest BCUT2D eigenvalue weighted by atomic mass is 35.5. The molecule has 3 aromatic rings. The zero-order chi connectivity index (χ0) is 25.7. The van der Waals surface area contributed by atoms with Crippen molar-refractivity contribution in [3.8, 4) is 6.07 Å². The molecule has 2 aliphatic carbocycles. The molecule has 7 nitrogen and oxygen atoms in total. The number of pyridine rings is 1. The Morgan fingerprint density at radius 2 is 2.14 bits per heavy atom. The molecule has 0 amide bonds. The summed E-state index contributed by atoms with van der Waals surface area (Å²) in [5, 5.41) is 19.7. The first kappa shape index (κ1) is 21.7. The average Bonchev–Trinajstić information content (AvgIpc) is 3.82. The van der Waals surface area contributed by atoms with Gasteiger partial charge in [0.25, 0.3) is 0 Å². The minimum absolute atomic E-state index is 0.305. The molecule has 6 rings (SSSR count). The van der Waals surface area contributed by atoms with Gasteiger partial charge in [-0.15, -0.1) is 5.53 Å². The number of halogens is 2. The molecular formula is C27H27ClFN7. The van der Waals surface area contributed by atoms with Gasteiger partial charge < -0.3 is 16.1 Å². The minimum atomic E-state index is -1.49. The first-order valence-electron chi connectivity index (χ1n) is 12.7. The molecule has 2 saturated carbocycles. The molecule has 0 bridgehead atoms. The van der Waals surface area contributed by atoms with Crippen LogP contribution >= 0.6 is 11.6 Å². The Labute approximate surface area is 215 Å². The topological polar surface area (TPSA) is 88.0 Å². The van der Waals surface area contributed by atoms with Crippen molar-refractivity contribution in [2.75, 3.05) is 10.6 Å². The van der Waals surface area contributed by atoms with E-state index in [2.05, 4.69) is 39.6 Å². The number of benzene rings is 2. The molecule has 4 N–H and O–H groups in total. The molecule has 0 radical (unpaired) electrons. The van der Waals surface area contributed by atoms with E-state index in [0.717, 1.165) is 25.7 Å². The van der Waals surface area contributed by atoms with Gasteiger partial charge in [-0.3, -0.25) is 9.99 Å². The number of nitrogens with zero attached hydrogens (tertiary/aromatic N) is 3. The van der Waals surface area contributed by atoms with Crippen LogP contribution in [0.15, 0.2) is 54.5 Å². The van der Waals surface area contributed by atoms with E-state index in [1.165, 1.54) is 12.1 Å². The lowest BCUT2D eigenvalue weighted by Crippen LogP contribution is -2.38. The predicted molar refractivity (Wildman–Crippen MR) is 139 cm³/mol. The van der Waals surface area contributed by atoms with Crippen LogP contribution in [0.3, 0.4) is 0 Å². The summed E-state index contributed by atoms with van der Waals surface area (Å²) < 4.78 is 23.3. The lowest BCUT2D eigenvalue weighted by Gasteiger charge is -2.22. The first-order valence-corrected chi connectivity index (χ1v) is 12.6. The highest BCUT2D eigenvalue weighted by Crippen LogP contribution is 2.41. The van der Waals surface area contributed by atoms with Crippen LogP contribution in [-0.2, 0) is 0 Å². The van der Waals surface area contributed by atoms with Gasteiger partial charge in [0.15, 0.2) is 0 Å². The number of fused-ring (bicyclic) bond motifs is 1. The van der Waals surface area contributed by atoms with Crippen LogP contribution in [0.4, 0.5) is 15.8 Å². The highest BCUT2D eigenvalue weighted by molar-refractivity contribution is 6.35. The Morgan fingerprint density at radius 1 is 1.33 bits per heavy atom. The van der Waals surface area contributed by atoms with Crippen LogP contribution in [0.5, 0.6) is 0 Å². The number of nitriles is 1. The van der Waals surface area contributed by atoms with Gasteiger partial charge >= 0.3 is 0 Å². The number of hydrazine groups is 2. The third-order valence-corrected chi connectivity index (χ3v) is 7.31. The van der Waals surface area contributed by atoms with E-state index >= 15 is 0 Å². The number of aromatic nitrogens is 1. The van der Waals surface area contributed by atoms with E-state index in [0.29, 0.717) is 62.1 Å². The van der Waals surface area contributed by atoms with E-state index in [-0.39, 0.29) is 5.82 Å². The van der Waals surface area contributed by atoms with E-state index < -0.39 is 6.02 Å². The Morgan fingerprint density at radius 3 is 2.83 bits per heavy atom. The fraction of sp³-hybridized carbons (Fsp3) is 0.333. The van der Waals surface area contributed by atoms with Crippen LogP contribution in [-0.4, -0.2) is 22.1 Å². The quantitative estimate of drug-likeness (QED) is 0.318. The number of hydrogen-bond acceptors (Lipinski definition) is 7.